The van der Waals surface area contributed by atoms with Gasteiger partial charge in [-0.1, -0.05) is 86.7 Å². The fourth-order valence-corrected chi connectivity index (χ4v) is 9.07. The number of esters is 1. The van der Waals surface area contributed by atoms with E-state index in [0.717, 1.165) is 12.8 Å². The van der Waals surface area contributed by atoms with Crippen molar-refractivity contribution in [2.45, 2.75) is 57.8 Å². The van der Waals surface area contributed by atoms with E-state index >= 15 is 0 Å². The molecule has 3 rings (SSSR count). The summed E-state index contributed by atoms with van der Waals surface area (Å²) in [7, 11) is -0.215. The van der Waals surface area contributed by atoms with Crippen LogP contribution in [-0.4, -0.2) is 19.2 Å². The minimum absolute atomic E-state index is 0. The highest BCUT2D eigenvalue weighted by molar-refractivity contribution is 7.95. The van der Waals surface area contributed by atoms with Crippen LogP contribution in [0.1, 0.15) is 57.8 Å². The summed E-state index contributed by atoms with van der Waals surface area (Å²) in [5.41, 5.74) is 0. The third kappa shape index (κ3) is 8.07. The van der Waals surface area contributed by atoms with Crippen LogP contribution in [0.4, 0.5) is 0 Å². The van der Waals surface area contributed by atoms with E-state index in [1.54, 1.807) is 0 Å². The van der Waals surface area contributed by atoms with Gasteiger partial charge in [0.25, 0.3) is 0 Å². The molecular formula is C30H38BrO2P. The molecule has 0 saturated heterocycles. The van der Waals surface area contributed by atoms with Gasteiger partial charge in [0.2, 0.25) is 0 Å². The van der Waals surface area contributed by atoms with Gasteiger partial charge in [0.1, 0.15) is 23.2 Å². The number of carbonyl (C=O) groups is 1. The Morgan fingerprint density at radius 2 is 0.941 bits per heavy atom. The first kappa shape index (κ1) is 28.3. The van der Waals surface area contributed by atoms with Gasteiger partial charge in [-0.3, -0.25) is 4.79 Å². The number of ether oxygens (including phenoxy) is 1. The first-order valence-corrected chi connectivity index (χ1v) is 14.4. The van der Waals surface area contributed by atoms with E-state index in [4.69, 9.17) is 4.74 Å². The molecule has 0 N–H and O–H groups in total. The Balaban J connectivity index is 0.00000408. The van der Waals surface area contributed by atoms with Gasteiger partial charge >= 0.3 is 5.97 Å². The summed E-state index contributed by atoms with van der Waals surface area (Å²) in [6, 6.07) is 33.5. The fraction of sp³-hybridized carbons (Fsp3) is 0.367. The number of carbonyl (C=O) groups excluding carboxylic acids is 1. The Morgan fingerprint density at radius 3 is 1.32 bits per heavy atom. The molecule has 3 aromatic rings. The number of hydrogen-bond acceptors (Lipinski definition) is 2. The fourth-order valence-electron chi connectivity index (χ4n) is 4.66. The van der Waals surface area contributed by atoms with Crippen molar-refractivity contribution in [3.05, 3.63) is 91.0 Å². The molecule has 0 aliphatic carbocycles. The summed E-state index contributed by atoms with van der Waals surface area (Å²) < 4.78 is 4.71. The molecule has 0 saturated carbocycles. The van der Waals surface area contributed by atoms with Crippen molar-refractivity contribution >= 4 is 29.1 Å². The van der Waals surface area contributed by atoms with E-state index in [1.807, 2.05) is 0 Å². The quantitative estimate of drug-likeness (QED) is 0.177. The average Bonchev–Trinajstić information content (AvgIpc) is 2.89. The molecule has 0 aromatic heterocycles. The first-order valence-electron chi connectivity index (χ1n) is 12.4. The number of halogens is 1. The Morgan fingerprint density at radius 1 is 0.588 bits per heavy atom. The summed E-state index contributed by atoms with van der Waals surface area (Å²) in [5, 5.41) is 4.44. The maximum atomic E-state index is 11.2. The summed E-state index contributed by atoms with van der Waals surface area (Å²) >= 11 is 0. The molecule has 0 spiro atoms. The Hall–Kier alpha value is -1.96. The van der Waals surface area contributed by atoms with Crippen LogP contribution in [0.25, 0.3) is 0 Å². The van der Waals surface area contributed by atoms with Crippen molar-refractivity contribution < 1.29 is 26.5 Å². The number of hydrogen-bond donors (Lipinski definition) is 0. The topological polar surface area (TPSA) is 26.3 Å². The number of rotatable bonds is 14. The smallest absolute Gasteiger partial charge is 0.305 e. The molecule has 0 aliphatic rings. The molecule has 182 valence electrons. The monoisotopic (exact) mass is 540 g/mol. The third-order valence-corrected chi connectivity index (χ3v) is 11.0. The number of methoxy groups -OCH3 is 1. The molecular weight excluding hydrogens is 503 g/mol. The van der Waals surface area contributed by atoms with Gasteiger partial charge in [0, 0.05) is 6.42 Å². The summed E-state index contributed by atoms with van der Waals surface area (Å²) in [5.74, 6) is -0.0861. The van der Waals surface area contributed by atoms with Gasteiger partial charge in [-0.15, -0.1) is 0 Å². The molecule has 0 unspecified atom stereocenters. The lowest BCUT2D eigenvalue weighted by molar-refractivity contribution is -0.140. The molecule has 2 nitrogen and oxygen atoms in total. The second-order valence-corrected chi connectivity index (χ2v) is 12.3. The summed E-state index contributed by atoms with van der Waals surface area (Å²) in [6.45, 7) is 0. The highest BCUT2D eigenvalue weighted by Crippen LogP contribution is 2.55. The first-order chi connectivity index (χ1) is 16.3. The highest BCUT2D eigenvalue weighted by Gasteiger charge is 2.44. The molecule has 0 heterocycles. The molecule has 0 radical (unpaired) electrons. The Labute approximate surface area is 217 Å². The minimum atomic E-state index is -1.68. The maximum absolute atomic E-state index is 11.2. The standard InChI is InChI=1S/C30H38O2P.BrH/c1-32-30(31)25-17-6-4-2-3-5-7-18-26-33(27-19-11-8-12-20-27,28-21-13-9-14-22-28)29-23-15-10-16-24-29;/h8-16,19-24H,2-7,17-18,25-26H2,1H3;1H/q+1;/p-1. The molecule has 0 amide bonds. The largest absolute Gasteiger partial charge is 1.00 e. The van der Waals surface area contributed by atoms with Crippen LogP contribution in [0, 0.1) is 0 Å². The van der Waals surface area contributed by atoms with Crippen LogP contribution in [0.5, 0.6) is 0 Å². The van der Waals surface area contributed by atoms with Crippen LogP contribution in [0.15, 0.2) is 91.0 Å². The lowest BCUT2D eigenvalue weighted by atomic mass is 10.1. The molecule has 0 atom stereocenters. The minimum Gasteiger partial charge on any atom is -1.00 e. The van der Waals surface area contributed by atoms with Crippen LogP contribution in [0.2, 0.25) is 0 Å². The van der Waals surface area contributed by atoms with E-state index in [0.29, 0.717) is 6.42 Å². The van der Waals surface area contributed by atoms with Crippen molar-refractivity contribution in [3.8, 4) is 0 Å². The van der Waals surface area contributed by atoms with Crippen molar-refractivity contribution in [1.29, 1.82) is 0 Å². The molecule has 3 aromatic carbocycles. The van der Waals surface area contributed by atoms with Crippen LogP contribution in [-0.2, 0) is 9.53 Å². The predicted octanol–water partition coefficient (Wildman–Crippen LogP) is 3.67. The number of unbranched alkanes of at least 4 members (excludes halogenated alkanes) is 7. The van der Waals surface area contributed by atoms with E-state index in [-0.39, 0.29) is 23.0 Å². The van der Waals surface area contributed by atoms with E-state index in [2.05, 4.69) is 91.0 Å². The third-order valence-electron chi connectivity index (χ3n) is 6.44. The lowest BCUT2D eigenvalue weighted by Crippen LogP contribution is -3.00. The van der Waals surface area contributed by atoms with Gasteiger partial charge in [0.05, 0.1) is 13.3 Å². The zero-order valence-corrected chi connectivity index (χ0v) is 22.9. The van der Waals surface area contributed by atoms with Crippen LogP contribution >= 0.6 is 7.26 Å². The van der Waals surface area contributed by atoms with Gasteiger partial charge in [-0.2, -0.15) is 0 Å². The molecule has 4 heteroatoms. The normalized spacial score (nSPS) is 11.0. The Kier molecular flexibility index (Phi) is 13.2. The van der Waals surface area contributed by atoms with Crippen LogP contribution < -0.4 is 32.9 Å². The average molecular weight is 542 g/mol. The van der Waals surface area contributed by atoms with E-state index in [9.17, 15) is 4.79 Å². The van der Waals surface area contributed by atoms with Crippen molar-refractivity contribution in [1.82, 2.24) is 0 Å². The van der Waals surface area contributed by atoms with Crippen LogP contribution in [0.3, 0.4) is 0 Å². The van der Waals surface area contributed by atoms with Crippen molar-refractivity contribution in [3.63, 3.8) is 0 Å². The molecule has 0 fully saturated rings. The van der Waals surface area contributed by atoms with Gasteiger partial charge in [-0.25, -0.2) is 0 Å². The second-order valence-electron chi connectivity index (χ2n) is 8.69. The summed E-state index contributed by atoms with van der Waals surface area (Å²) in [6.07, 6.45) is 11.4. The van der Waals surface area contributed by atoms with Crippen molar-refractivity contribution in [2.24, 2.45) is 0 Å². The van der Waals surface area contributed by atoms with Crippen molar-refractivity contribution in [2.75, 3.05) is 13.3 Å². The van der Waals surface area contributed by atoms with E-state index in [1.165, 1.54) is 67.7 Å². The lowest BCUT2D eigenvalue weighted by Gasteiger charge is -2.27. The molecule has 0 bridgehead atoms. The maximum Gasteiger partial charge on any atom is 0.305 e. The zero-order chi connectivity index (χ0) is 23.2. The zero-order valence-electron chi connectivity index (χ0n) is 20.4. The summed E-state index contributed by atoms with van der Waals surface area (Å²) in [4.78, 5) is 11.2. The van der Waals surface area contributed by atoms with E-state index < -0.39 is 7.26 Å². The SMILES string of the molecule is COC(=O)CCCCCCCCCC[P+](c1ccccc1)(c1ccccc1)c1ccccc1.[Br-]. The van der Waals surface area contributed by atoms with Gasteiger partial charge in [-0.05, 0) is 55.7 Å². The predicted molar refractivity (Wildman–Crippen MR) is 144 cm³/mol. The molecule has 0 aliphatic heterocycles. The van der Waals surface area contributed by atoms with Gasteiger partial charge in [0.15, 0.2) is 0 Å². The Bertz CT molecular complexity index is 835. The highest BCUT2D eigenvalue weighted by atomic mass is 79.9. The molecule has 34 heavy (non-hydrogen) atoms. The van der Waals surface area contributed by atoms with Gasteiger partial charge < -0.3 is 21.7 Å². The number of benzene rings is 3. The second kappa shape index (κ2) is 15.8.